The number of hydrogen-bond acceptors (Lipinski definition) is 1. The zero-order chi connectivity index (χ0) is 12.4. The molecule has 1 aromatic heterocycles. The Morgan fingerprint density at radius 1 is 1.29 bits per heavy atom. The van der Waals surface area contributed by atoms with Crippen molar-refractivity contribution < 1.29 is 0 Å². The molecule has 17 heavy (non-hydrogen) atoms. The zero-order valence-electron chi connectivity index (χ0n) is 10.4. The van der Waals surface area contributed by atoms with Gasteiger partial charge in [-0.1, -0.05) is 32.1 Å². The summed E-state index contributed by atoms with van der Waals surface area (Å²) in [4.78, 5) is 12.3. The SMILES string of the molecule is C=C(C)n1c(=O)n(CCCC)c2ccccc21. The van der Waals surface area contributed by atoms with Gasteiger partial charge in [0.1, 0.15) is 0 Å². The van der Waals surface area contributed by atoms with Crippen molar-refractivity contribution in [3.05, 3.63) is 41.3 Å². The maximum Gasteiger partial charge on any atom is 0.333 e. The second-order valence-corrected chi connectivity index (χ2v) is 4.35. The summed E-state index contributed by atoms with van der Waals surface area (Å²) >= 11 is 0. The van der Waals surface area contributed by atoms with E-state index in [-0.39, 0.29) is 5.69 Å². The highest BCUT2D eigenvalue weighted by atomic mass is 16.1. The Kier molecular flexibility index (Phi) is 3.18. The molecule has 0 radical (unpaired) electrons. The molecule has 0 aliphatic rings. The molecular formula is C14H18N2O. The van der Waals surface area contributed by atoms with E-state index in [1.54, 1.807) is 4.57 Å². The Bertz CT molecular complexity index is 604. The van der Waals surface area contributed by atoms with Gasteiger partial charge in [-0.3, -0.25) is 9.13 Å². The molecule has 1 aromatic carbocycles. The zero-order valence-corrected chi connectivity index (χ0v) is 10.4. The fourth-order valence-corrected chi connectivity index (χ4v) is 2.11. The van der Waals surface area contributed by atoms with Crippen LogP contribution in [0.4, 0.5) is 0 Å². The van der Waals surface area contributed by atoms with Crippen LogP contribution in [-0.4, -0.2) is 9.13 Å². The van der Waals surface area contributed by atoms with Crippen LogP contribution in [0.15, 0.2) is 35.6 Å². The summed E-state index contributed by atoms with van der Waals surface area (Å²) in [5.41, 5.74) is 2.73. The maximum absolute atomic E-state index is 12.3. The van der Waals surface area contributed by atoms with Gasteiger partial charge in [0.05, 0.1) is 11.0 Å². The van der Waals surface area contributed by atoms with E-state index in [0.717, 1.165) is 36.1 Å². The number of rotatable bonds is 4. The first-order valence-corrected chi connectivity index (χ1v) is 6.03. The second-order valence-electron chi connectivity index (χ2n) is 4.35. The van der Waals surface area contributed by atoms with E-state index in [2.05, 4.69) is 13.5 Å². The number of nitrogens with zero attached hydrogens (tertiary/aromatic N) is 2. The minimum Gasteiger partial charge on any atom is -0.292 e. The number of imidazole rings is 1. The molecule has 90 valence electrons. The molecule has 0 amide bonds. The predicted molar refractivity (Wildman–Crippen MR) is 72.1 cm³/mol. The lowest BCUT2D eigenvalue weighted by molar-refractivity contribution is 0.623. The maximum atomic E-state index is 12.3. The van der Waals surface area contributed by atoms with E-state index in [1.807, 2.05) is 35.8 Å². The van der Waals surface area contributed by atoms with Crippen LogP contribution < -0.4 is 5.69 Å². The third-order valence-electron chi connectivity index (χ3n) is 2.95. The van der Waals surface area contributed by atoms with E-state index in [9.17, 15) is 4.79 Å². The molecule has 3 nitrogen and oxygen atoms in total. The van der Waals surface area contributed by atoms with Crippen molar-refractivity contribution in [1.29, 1.82) is 0 Å². The van der Waals surface area contributed by atoms with Crippen LogP contribution in [0.1, 0.15) is 26.7 Å². The molecule has 0 aliphatic heterocycles. The molecule has 2 rings (SSSR count). The predicted octanol–water partition coefficient (Wildman–Crippen LogP) is 3.09. The Balaban J connectivity index is 2.71. The van der Waals surface area contributed by atoms with Gasteiger partial charge in [0.25, 0.3) is 0 Å². The molecule has 0 atom stereocenters. The average Bonchev–Trinajstić information content (AvgIpc) is 2.58. The minimum absolute atomic E-state index is 0.0205. The Morgan fingerprint density at radius 2 is 1.94 bits per heavy atom. The van der Waals surface area contributed by atoms with Crippen molar-refractivity contribution in [2.75, 3.05) is 0 Å². The fraction of sp³-hybridized carbons (Fsp3) is 0.357. The number of aromatic nitrogens is 2. The molecule has 0 saturated heterocycles. The van der Waals surface area contributed by atoms with E-state index in [0.29, 0.717) is 0 Å². The Hall–Kier alpha value is -1.77. The van der Waals surface area contributed by atoms with Crippen molar-refractivity contribution in [1.82, 2.24) is 9.13 Å². The van der Waals surface area contributed by atoms with Crippen LogP contribution in [-0.2, 0) is 6.54 Å². The van der Waals surface area contributed by atoms with Crippen molar-refractivity contribution >= 4 is 16.7 Å². The monoisotopic (exact) mass is 230 g/mol. The highest BCUT2D eigenvalue weighted by molar-refractivity contribution is 5.79. The first-order valence-electron chi connectivity index (χ1n) is 6.03. The molecule has 0 unspecified atom stereocenters. The summed E-state index contributed by atoms with van der Waals surface area (Å²) in [6.07, 6.45) is 2.10. The Labute approximate surface area is 101 Å². The summed E-state index contributed by atoms with van der Waals surface area (Å²) < 4.78 is 3.53. The van der Waals surface area contributed by atoms with Crippen LogP contribution in [0.5, 0.6) is 0 Å². The first kappa shape index (κ1) is 11.7. The number of unbranched alkanes of at least 4 members (excludes halogenated alkanes) is 1. The van der Waals surface area contributed by atoms with Gasteiger partial charge in [-0.15, -0.1) is 0 Å². The molecular weight excluding hydrogens is 212 g/mol. The number of para-hydroxylation sites is 2. The lowest BCUT2D eigenvalue weighted by Crippen LogP contribution is -2.23. The van der Waals surface area contributed by atoms with Crippen molar-refractivity contribution in [2.45, 2.75) is 33.2 Å². The second kappa shape index (κ2) is 4.62. The van der Waals surface area contributed by atoms with Gasteiger partial charge in [0, 0.05) is 12.2 Å². The van der Waals surface area contributed by atoms with Gasteiger partial charge in [-0.25, -0.2) is 4.79 Å². The molecule has 0 bridgehead atoms. The summed E-state index contributed by atoms with van der Waals surface area (Å²) in [6.45, 7) is 8.64. The Morgan fingerprint density at radius 3 is 2.53 bits per heavy atom. The van der Waals surface area contributed by atoms with Gasteiger partial charge in [0.15, 0.2) is 0 Å². The van der Waals surface area contributed by atoms with Crippen LogP contribution in [0.25, 0.3) is 16.7 Å². The van der Waals surface area contributed by atoms with Gasteiger partial charge >= 0.3 is 5.69 Å². The summed E-state index contributed by atoms with van der Waals surface area (Å²) in [5.74, 6) is 0. The quantitative estimate of drug-likeness (QED) is 0.793. The van der Waals surface area contributed by atoms with Gasteiger partial charge in [-0.05, 0) is 25.5 Å². The number of benzene rings is 1. The number of hydrogen-bond donors (Lipinski definition) is 0. The van der Waals surface area contributed by atoms with E-state index >= 15 is 0 Å². The molecule has 2 aromatic rings. The normalized spacial score (nSPS) is 10.9. The van der Waals surface area contributed by atoms with Crippen molar-refractivity contribution in [3.63, 3.8) is 0 Å². The number of aryl methyl sites for hydroxylation is 1. The molecule has 0 N–H and O–H groups in total. The van der Waals surface area contributed by atoms with Gasteiger partial charge in [0.2, 0.25) is 0 Å². The highest BCUT2D eigenvalue weighted by Crippen LogP contribution is 2.16. The van der Waals surface area contributed by atoms with Crippen LogP contribution >= 0.6 is 0 Å². The molecule has 3 heteroatoms. The first-order chi connectivity index (χ1) is 8.16. The van der Waals surface area contributed by atoms with Crippen molar-refractivity contribution in [3.8, 4) is 0 Å². The molecule has 0 spiro atoms. The lowest BCUT2D eigenvalue weighted by Gasteiger charge is -2.00. The molecule has 0 saturated carbocycles. The van der Waals surface area contributed by atoms with E-state index in [4.69, 9.17) is 0 Å². The third-order valence-corrected chi connectivity index (χ3v) is 2.95. The molecule has 1 heterocycles. The summed E-state index contributed by atoms with van der Waals surface area (Å²) in [5, 5.41) is 0. The largest absolute Gasteiger partial charge is 0.333 e. The lowest BCUT2D eigenvalue weighted by atomic mass is 10.3. The minimum atomic E-state index is 0.0205. The van der Waals surface area contributed by atoms with Crippen LogP contribution in [0.2, 0.25) is 0 Å². The van der Waals surface area contributed by atoms with Crippen molar-refractivity contribution in [2.24, 2.45) is 0 Å². The fourth-order valence-electron chi connectivity index (χ4n) is 2.11. The van der Waals surface area contributed by atoms with Gasteiger partial charge < -0.3 is 0 Å². The van der Waals surface area contributed by atoms with Crippen LogP contribution in [0.3, 0.4) is 0 Å². The number of allylic oxidation sites excluding steroid dienone is 1. The standard InChI is InChI=1S/C14H18N2O/c1-4-5-10-15-12-8-6-7-9-13(12)16(11(2)3)14(15)17/h6-9H,2,4-5,10H2,1,3H3. The number of fused-ring (bicyclic) bond motifs is 1. The third kappa shape index (κ3) is 1.93. The summed E-state index contributed by atoms with van der Waals surface area (Å²) in [6, 6.07) is 7.87. The topological polar surface area (TPSA) is 26.9 Å². The highest BCUT2D eigenvalue weighted by Gasteiger charge is 2.12. The molecule has 0 aliphatic carbocycles. The van der Waals surface area contributed by atoms with E-state index in [1.165, 1.54) is 0 Å². The van der Waals surface area contributed by atoms with E-state index < -0.39 is 0 Å². The summed E-state index contributed by atoms with van der Waals surface area (Å²) in [7, 11) is 0. The van der Waals surface area contributed by atoms with Crippen LogP contribution in [0, 0.1) is 0 Å². The average molecular weight is 230 g/mol. The molecule has 0 fully saturated rings. The van der Waals surface area contributed by atoms with Gasteiger partial charge in [-0.2, -0.15) is 0 Å². The smallest absolute Gasteiger partial charge is 0.292 e.